The summed E-state index contributed by atoms with van der Waals surface area (Å²) in [6, 6.07) is 8.01. The number of carbonyl (C=O) groups is 1. The maximum Gasteiger partial charge on any atom is 0.346 e. The fraction of sp³-hybridized carbons (Fsp3) is 0.438. The largest absolute Gasteiger partial charge is 0.477 e. The standard InChI is InChI=1S/C16H19NO2S/c1-2-11-7-8-17(9-11)10-13-12-5-3-4-6-14(12)20-15(13)16(18)19/h3-6,11H,2,7-10H2,1H3,(H,18,19). The molecule has 2 heterocycles. The normalized spacial score (nSPS) is 19.8. The second-order valence-corrected chi connectivity index (χ2v) is 6.56. The van der Waals surface area contributed by atoms with Crippen molar-refractivity contribution in [1.82, 2.24) is 4.90 Å². The van der Waals surface area contributed by atoms with Gasteiger partial charge in [-0.1, -0.05) is 31.5 Å². The van der Waals surface area contributed by atoms with E-state index in [-0.39, 0.29) is 0 Å². The molecule has 1 unspecified atom stereocenters. The van der Waals surface area contributed by atoms with Crippen LogP contribution in [0.15, 0.2) is 24.3 Å². The van der Waals surface area contributed by atoms with Crippen LogP contribution < -0.4 is 0 Å². The third-order valence-corrected chi connectivity index (χ3v) is 5.42. The molecular weight excluding hydrogens is 270 g/mol. The number of rotatable bonds is 4. The number of benzene rings is 1. The number of nitrogens with zero attached hydrogens (tertiary/aromatic N) is 1. The molecule has 0 spiro atoms. The van der Waals surface area contributed by atoms with Gasteiger partial charge in [-0.2, -0.15) is 0 Å². The minimum atomic E-state index is -0.799. The first kappa shape index (κ1) is 13.6. The van der Waals surface area contributed by atoms with Crippen LogP contribution in [0, 0.1) is 5.92 Å². The fourth-order valence-corrected chi connectivity index (χ4v) is 4.09. The second-order valence-electron chi connectivity index (χ2n) is 5.51. The van der Waals surface area contributed by atoms with E-state index in [9.17, 15) is 9.90 Å². The van der Waals surface area contributed by atoms with Gasteiger partial charge in [-0.05, 0) is 35.9 Å². The second kappa shape index (κ2) is 5.54. The Morgan fingerprint density at radius 1 is 1.45 bits per heavy atom. The molecule has 1 aromatic carbocycles. The molecule has 3 rings (SSSR count). The van der Waals surface area contributed by atoms with E-state index >= 15 is 0 Å². The lowest BCUT2D eigenvalue weighted by molar-refractivity contribution is 0.0700. The van der Waals surface area contributed by atoms with Crippen molar-refractivity contribution in [1.29, 1.82) is 0 Å². The molecule has 2 aromatic rings. The number of likely N-dealkylation sites (tertiary alicyclic amines) is 1. The van der Waals surface area contributed by atoms with Crippen molar-refractivity contribution in [3.05, 3.63) is 34.7 Å². The van der Waals surface area contributed by atoms with Gasteiger partial charge >= 0.3 is 5.97 Å². The summed E-state index contributed by atoms with van der Waals surface area (Å²) in [5, 5.41) is 10.5. The van der Waals surface area contributed by atoms with E-state index in [1.165, 1.54) is 24.2 Å². The summed E-state index contributed by atoms with van der Waals surface area (Å²) < 4.78 is 1.08. The minimum absolute atomic E-state index is 0.506. The van der Waals surface area contributed by atoms with Crippen LogP contribution in [-0.2, 0) is 6.54 Å². The SMILES string of the molecule is CCC1CCN(Cc2c(C(=O)O)sc3ccccc23)C1. The molecule has 1 aromatic heterocycles. The van der Waals surface area contributed by atoms with Gasteiger partial charge in [0.25, 0.3) is 0 Å². The lowest BCUT2D eigenvalue weighted by atomic mass is 10.1. The van der Waals surface area contributed by atoms with Crippen molar-refractivity contribution in [3.63, 3.8) is 0 Å². The third-order valence-electron chi connectivity index (χ3n) is 4.22. The molecule has 1 aliphatic rings. The summed E-state index contributed by atoms with van der Waals surface area (Å²) in [4.78, 5) is 14.4. The summed E-state index contributed by atoms with van der Waals surface area (Å²) >= 11 is 1.40. The molecule has 1 fully saturated rings. The Morgan fingerprint density at radius 2 is 2.25 bits per heavy atom. The number of carboxylic acid groups (broad SMARTS) is 1. The highest BCUT2D eigenvalue weighted by molar-refractivity contribution is 7.21. The van der Waals surface area contributed by atoms with Gasteiger partial charge in [-0.3, -0.25) is 4.90 Å². The monoisotopic (exact) mass is 289 g/mol. The van der Waals surface area contributed by atoms with Crippen LogP contribution >= 0.6 is 11.3 Å². The Morgan fingerprint density at radius 3 is 2.95 bits per heavy atom. The van der Waals surface area contributed by atoms with E-state index in [1.54, 1.807) is 0 Å². The number of thiophene rings is 1. The number of hydrogen-bond donors (Lipinski definition) is 1. The molecule has 0 aliphatic carbocycles. The van der Waals surface area contributed by atoms with Gasteiger partial charge < -0.3 is 5.11 Å². The molecule has 1 aliphatic heterocycles. The molecule has 106 valence electrons. The summed E-state index contributed by atoms with van der Waals surface area (Å²) in [6.45, 7) is 5.18. The Kier molecular flexibility index (Phi) is 3.76. The highest BCUT2D eigenvalue weighted by Crippen LogP contribution is 2.33. The highest BCUT2D eigenvalue weighted by atomic mass is 32.1. The van der Waals surface area contributed by atoms with Crippen LogP contribution in [0.3, 0.4) is 0 Å². The molecule has 1 atom stereocenters. The van der Waals surface area contributed by atoms with Crippen LogP contribution in [0.2, 0.25) is 0 Å². The zero-order valence-corrected chi connectivity index (χ0v) is 12.4. The summed E-state index contributed by atoms with van der Waals surface area (Å²) in [5.41, 5.74) is 0.995. The Bertz CT molecular complexity index is 634. The molecule has 0 bridgehead atoms. The van der Waals surface area contributed by atoms with Gasteiger partial charge in [0.15, 0.2) is 0 Å². The average molecular weight is 289 g/mol. The van der Waals surface area contributed by atoms with Crippen molar-refractivity contribution in [2.24, 2.45) is 5.92 Å². The van der Waals surface area contributed by atoms with Crippen molar-refractivity contribution in [2.45, 2.75) is 26.3 Å². The van der Waals surface area contributed by atoms with Crippen molar-refractivity contribution in [3.8, 4) is 0 Å². The van der Waals surface area contributed by atoms with Gasteiger partial charge in [0.05, 0.1) is 0 Å². The summed E-state index contributed by atoms with van der Waals surface area (Å²) in [6.07, 6.45) is 2.45. The molecule has 4 heteroatoms. The van der Waals surface area contributed by atoms with Crippen LogP contribution in [0.4, 0.5) is 0 Å². The van der Waals surface area contributed by atoms with E-state index in [2.05, 4.69) is 11.8 Å². The van der Waals surface area contributed by atoms with E-state index in [0.29, 0.717) is 4.88 Å². The molecule has 0 amide bonds. The molecule has 3 nitrogen and oxygen atoms in total. The predicted octanol–water partition coefficient (Wildman–Crippen LogP) is 3.83. The lowest BCUT2D eigenvalue weighted by Crippen LogP contribution is -2.21. The number of aromatic carboxylic acids is 1. The van der Waals surface area contributed by atoms with E-state index in [1.807, 2.05) is 24.3 Å². The van der Waals surface area contributed by atoms with Crippen LogP contribution in [0.5, 0.6) is 0 Å². The molecule has 20 heavy (non-hydrogen) atoms. The molecule has 0 radical (unpaired) electrons. The predicted molar refractivity (Wildman–Crippen MR) is 82.5 cm³/mol. The number of carboxylic acids is 1. The van der Waals surface area contributed by atoms with Crippen molar-refractivity contribution >= 4 is 27.4 Å². The number of fused-ring (bicyclic) bond motifs is 1. The van der Waals surface area contributed by atoms with Crippen molar-refractivity contribution < 1.29 is 9.90 Å². The van der Waals surface area contributed by atoms with Crippen LogP contribution in [0.1, 0.15) is 35.0 Å². The maximum atomic E-state index is 11.5. The van der Waals surface area contributed by atoms with E-state index in [4.69, 9.17) is 0 Å². The quantitative estimate of drug-likeness (QED) is 0.930. The van der Waals surface area contributed by atoms with Crippen LogP contribution in [0.25, 0.3) is 10.1 Å². The van der Waals surface area contributed by atoms with Gasteiger partial charge in [-0.25, -0.2) is 4.79 Å². The number of hydrogen-bond acceptors (Lipinski definition) is 3. The van der Waals surface area contributed by atoms with E-state index < -0.39 is 5.97 Å². The van der Waals surface area contributed by atoms with Gasteiger partial charge in [-0.15, -0.1) is 11.3 Å². The molecule has 1 saturated heterocycles. The lowest BCUT2D eigenvalue weighted by Gasteiger charge is -2.16. The fourth-order valence-electron chi connectivity index (χ4n) is 3.04. The van der Waals surface area contributed by atoms with Crippen molar-refractivity contribution in [2.75, 3.05) is 13.1 Å². The maximum absolute atomic E-state index is 11.5. The summed E-state index contributed by atoms with van der Waals surface area (Å²) in [7, 11) is 0. The first-order valence-electron chi connectivity index (χ1n) is 7.15. The Balaban J connectivity index is 1.93. The first-order chi connectivity index (χ1) is 9.69. The highest BCUT2D eigenvalue weighted by Gasteiger charge is 2.24. The average Bonchev–Trinajstić information content (AvgIpc) is 3.04. The molecule has 0 saturated carbocycles. The Labute approximate surface area is 122 Å². The molecule has 1 N–H and O–H groups in total. The Hall–Kier alpha value is -1.39. The first-order valence-corrected chi connectivity index (χ1v) is 7.96. The van der Waals surface area contributed by atoms with E-state index in [0.717, 1.165) is 41.2 Å². The topological polar surface area (TPSA) is 40.5 Å². The smallest absolute Gasteiger partial charge is 0.346 e. The van der Waals surface area contributed by atoms with Gasteiger partial charge in [0.1, 0.15) is 4.88 Å². The minimum Gasteiger partial charge on any atom is -0.477 e. The molecular formula is C16H19NO2S. The van der Waals surface area contributed by atoms with Gasteiger partial charge in [0, 0.05) is 17.8 Å². The van der Waals surface area contributed by atoms with Crippen LogP contribution in [-0.4, -0.2) is 29.1 Å². The zero-order chi connectivity index (χ0) is 14.1. The summed E-state index contributed by atoms with van der Waals surface area (Å²) in [5.74, 6) is -0.0272. The van der Waals surface area contributed by atoms with Gasteiger partial charge in [0.2, 0.25) is 0 Å². The third kappa shape index (κ3) is 2.45. The zero-order valence-electron chi connectivity index (χ0n) is 11.6.